The van der Waals surface area contributed by atoms with Crippen LogP contribution in [0.5, 0.6) is 0 Å². The van der Waals surface area contributed by atoms with Crippen molar-refractivity contribution in [2.45, 2.75) is 0 Å². The molecule has 20 heavy (non-hydrogen) atoms. The van der Waals surface area contributed by atoms with Gasteiger partial charge in [-0.15, -0.1) is 0 Å². The van der Waals surface area contributed by atoms with Crippen molar-refractivity contribution in [3.63, 3.8) is 0 Å². The Morgan fingerprint density at radius 2 is 1.70 bits per heavy atom. The summed E-state index contributed by atoms with van der Waals surface area (Å²) in [6, 6.07) is 16.9. The number of nitrogens with one attached hydrogen (secondary N) is 1. The number of carbonyl (C=O) groups is 1. The van der Waals surface area contributed by atoms with E-state index in [0.717, 1.165) is 22.0 Å². The second kappa shape index (κ2) is 5.01. The van der Waals surface area contributed by atoms with Crippen LogP contribution in [0.15, 0.2) is 60.8 Å². The molecule has 0 aliphatic carbocycles. The number of pyridine rings is 1. The molecule has 0 radical (unpaired) electrons. The van der Waals surface area contributed by atoms with Gasteiger partial charge in [-0.3, -0.25) is 4.98 Å². The summed E-state index contributed by atoms with van der Waals surface area (Å²) in [4.78, 5) is 15.2. The lowest BCUT2D eigenvalue weighted by Crippen LogP contribution is -2.28. The first kappa shape index (κ1) is 12.2. The predicted octanol–water partition coefficient (Wildman–Crippen LogP) is 2.66. The maximum atomic E-state index is 10.8. The first-order valence-electron chi connectivity index (χ1n) is 6.17. The zero-order chi connectivity index (χ0) is 13.9. The minimum atomic E-state index is -1.33. The Balaban J connectivity index is 2.23. The Hall–Kier alpha value is -2.88. The number of fused-ring (bicyclic) bond motifs is 1. The van der Waals surface area contributed by atoms with Gasteiger partial charge in [0.2, 0.25) is 0 Å². The number of nitrogens with zero attached hydrogens (tertiary/aromatic N) is 1. The fourth-order valence-electron chi connectivity index (χ4n) is 2.26. The number of anilines is 1. The largest absolute Gasteiger partial charge is 0.530 e. The van der Waals surface area contributed by atoms with E-state index in [0.29, 0.717) is 5.69 Å². The number of para-hydroxylation sites is 2. The highest BCUT2D eigenvalue weighted by atomic mass is 16.4. The highest BCUT2D eigenvalue weighted by Crippen LogP contribution is 2.32. The molecule has 0 bridgehead atoms. The standard InChI is InChI=1S/C16H12N2O2/c19-16(20)18-14-9-2-1-7-12(14)13-8-3-5-11-6-4-10-17-15(11)13/h1-10,18H,(H,19,20)/p-1. The van der Waals surface area contributed by atoms with E-state index >= 15 is 0 Å². The van der Waals surface area contributed by atoms with Crippen molar-refractivity contribution in [3.05, 3.63) is 60.8 Å². The minimum absolute atomic E-state index is 0.491. The molecule has 1 N–H and O–H groups in total. The molecule has 0 saturated heterocycles. The van der Waals surface area contributed by atoms with Gasteiger partial charge in [-0.05, 0) is 12.1 Å². The SMILES string of the molecule is O=C([O-])Nc1ccccc1-c1cccc2cccnc12. The molecule has 0 aliphatic rings. The van der Waals surface area contributed by atoms with Crippen LogP contribution in [0.2, 0.25) is 0 Å². The number of benzene rings is 2. The zero-order valence-corrected chi connectivity index (χ0v) is 10.5. The Kier molecular flexibility index (Phi) is 3.05. The van der Waals surface area contributed by atoms with Crippen molar-refractivity contribution in [2.24, 2.45) is 0 Å². The third-order valence-corrected chi connectivity index (χ3v) is 3.09. The van der Waals surface area contributed by atoms with Crippen molar-refractivity contribution < 1.29 is 9.90 Å². The molecule has 1 amide bonds. The number of hydrogen-bond donors (Lipinski definition) is 1. The van der Waals surface area contributed by atoms with E-state index in [2.05, 4.69) is 10.3 Å². The molecule has 0 unspecified atom stereocenters. The maximum Gasteiger partial charge on any atom is 0.138 e. The van der Waals surface area contributed by atoms with Crippen LogP contribution >= 0.6 is 0 Å². The zero-order valence-electron chi connectivity index (χ0n) is 10.5. The van der Waals surface area contributed by atoms with Gasteiger partial charge in [0.25, 0.3) is 0 Å². The van der Waals surface area contributed by atoms with Crippen LogP contribution in [0.25, 0.3) is 22.0 Å². The van der Waals surface area contributed by atoms with Gasteiger partial charge in [0.15, 0.2) is 0 Å². The number of aromatic nitrogens is 1. The first-order chi connectivity index (χ1) is 9.75. The van der Waals surface area contributed by atoms with Crippen LogP contribution in [0.4, 0.5) is 10.5 Å². The van der Waals surface area contributed by atoms with Crippen LogP contribution in [0.3, 0.4) is 0 Å². The highest BCUT2D eigenvalue weighted by molar-refractivity contribution is 5.99. The van der Waals surface area contributed by atoms with Crippen LogP contribution < -0.4 is 10.4 Å². The second-order valence-electron chi connectivity index (χ2n) is 4.34. The molecule has 98 valence electrons. The van der Waals surface area contributed by atoms with Gasteiger partial charge in [0.05, 0.1) is 5.52 Å². The number of carbonyl (C=O) groups excluding carboxylic acids is 1. The van der Waals surface area contributed by atoms with E-state index in [1.807, 2.05) is 42.5 Å². The van der Waals surface area contributed by atoms with E-state index in [-0.39, 0.29) is 0 Å². The van der Waals surface area contributed by atoms with E-state index in [1.165, 1.54) is 0 Å². The van der Waals surface area contributed by atoms with Crippen LogP contribution in [0.1, 0.15) is 0 Å². The number of carboxylic acid groups (broad SMARTS) is 1. The normalized spacial score (nSPS) is 10.4. The smallest absolute Gasteiger partial charge is 0.138 e. The molecule has 0 atom stereocenters. The third kappa shape index (κ3) is 2.19. The molecule has 3 rings (SSSR count). The monoisotopic (exact) mass is 263 g/mol. The highest BCUT2D eigenvalue weighted by Gasteiger charge is 2.08. The fraction of sp³-hybridized carbons (Fsp3) is 0. The summed E-state index contributed by atoms with van der Waals surface area (Å²) in [6.45, 7) is 0. The molecular weight excluding hydrogens is 252 g/mol. The van der Waals surface area contributed by atoms with Gasteiger partial charge in [-0.1, -0.05) is 42.5 Å². The molecule has 2 aromatic carbocycles. The van der Waals surface area contributed by atoms with Crippen molar-refractivity contribution in [3.8, 4) is 11.1 Å². The van der Waals surface area contributed by atoms with Crippen molar-refractivity contribution in [1.29, 1.82) is 0 Å². The van der Waals surface area contributed by atoms with Gasteiger partial charge in [0, 0.05) is 28.4 Å². The quantitative estimate of drug-likeness (QED) is 0.773. The summed E-state index contributed by atoms with van der Waals surface area (Å²) in [5, 5.41) is 14.1. The van der Waals surface area contributed by atoms with E-state index < -0.39 is 6.09 Å². The third-order valence-electron chi connectivity index (χ3n) is 3.09. The lowest BCUT2D eigenvalue weighted by atomic mass is 10.0. The Morgan fingerprint density at radius 1 is 0.950 bits per heavy atom. The lowest BCUT2D eigenvalue weighted by molar-refractivity contribution is -0.242. The predicted molar refractivity (Wildman–Crippen MR) is 76.2 cm³/mol. The van der Waals surface area contributed by atoms with Gasteiger partial charge >= 0.3 is 0 Å². The van der Waals surface area contributed by atoms with Crippen molar-refractivity contribution >= 4 is 22.7 Å². The summed E-state index contributed by atoms with van der Waals surface area (Å²) in [5.74, 6) is 0. The van der Waals surface area contributed by atoms with Crippen LogP contribution in [-0.2, 0) is 0 Å². The molecule has 4 heteroatoms. The Morgan fingerprint density at radius 3 is 2.55 bits per heavy atom. The average molecular weight is 263 g/mol. The molecule has 0 spiro atoms. The molecule has 0 saturated carbocycles. The average Bonchev–Trinajstić information content (AvgIpc) is 2.47. The summed E-state index contributed by atoms with van der Waals surface area (Å²) in [7, 11) is 0. The van der Waals surface area contributed by atoms with Gasteiger partial charge in [0.1, 0.15) is 6.09 Å². The number of amides is 1. The molecule has 1 heterocycles. The summed E-state index contributed by atoms with van der Waals surface area (Å²) >= 11 is 0. The van der Waals surface area contributed by atoms with E-state index in [4.69, 9.17) is 0 Å². The van der Waals surface area contributed by atoms with E-state index in [1.54, 1.807) is 18.3 Å². The van der Waals surface area contributed by atoms with Crippen molar-refractivity contribution in [1.82, 2.24) is 4.98 Å². The molecule has 0 aliphatic heterocycles. The van der Waals surface area contributed by atoms with Gasteiger partial charge in [-0.25, -0.2) is 0 Å². The topological polar surface area (TPSA) is 65.0 Å². The Labute approximate surface area is 115 Å². The number of hydrogen-bond acceptors (Lipinski definition) is 3. The summed E-state index contributed by atoms with van der Waals surface area (Å²) in [6.07, 6.45) is 0.395. The van der Waals surface area contributed by atoms with E-state index in [9.17, 15) is 9.90 Å². The molecule has 1 aromatic heterocycles. The molecule has 0 fully saturated rings. The maximum absolute atomic E-state index is 10.8. The van der Waals surface area contributed by atoms with Crippen LogP contribution in [-0.4, -0.2) is 11.1 Å². The summed E-state index contributed by atoms with van der Waals surface area (Å²) in [5.41, 5.74) is 2.99. The van der Waals surface area contributed by atoms with Gasteiger partial charge < -0.3 is 15.2 Å². The van der Waals surface area contributed by atoms with Crippen LogP contribution in [0, 0.1) is 0 Å². The molecule has 4 nitrogen and oxygen atoms in total. The second-order valence-corrected chi connectivity index (χ2v) is 4.34. The minimum Gasteiger partial charge on any atom is -0.530 e. The fourth-order valence-corrected chi connectivity index (χ4v) is 2.26. The summed E-state index contributed by atoms with van der Waals surface area (Å²) < 4.78 is 0. The Bertz CT molecular complexity index is 779. The molecule has 3 aromatic rings. The molecular formula is C16H11N2O2-. The van der Waals surface area contributed by atoms with Gasteiger partial charge in [-0.2, -0.15) is 0 Å². The lowest BCUT2D eigenvalue weighted by Gasteiger charge is -2.13. The first-order valence-corrected chi connectivity index (χ1v) is 6.17. The number of rotatable bonds is 2. The van der Waals surface area contributed by atoms with Crippen molar-refractivity contribution in [2.75, 3.05) is 5.32 Å².